The van der Waals surface area contributed by atoms with Crippen LogP contribution in [0.15, 0.2) is 16.6 Å². The van der Waals surface area contributed by atoms with Crippen molar-refractivity contribution >= 4 is 27.5 Å². The van der Waals surface area contributed by atoms with E-state index in [1.54, 1.807) is 0 Å². The topological polar surface area (TPSA) is 25.8 Å². The molecule has 2 aromatic rings. The normalized spacial score (nSPS) is 10.8. The molecule has 0 fully saturated rings. The van der Waals surface area contributed by atoms with Crippen LogP contribution in [-0.2, 0) is 6.42 Å². The zero-order valence-electron chi connectivity index (χ0n) is 11.5. The van der Waals surface area contributed by atoms with E-state index in [2.05, 4.69) is 65.7 Å². The molecule has 1 heterocycles. The molecule has 1 aromatic heterocycles. The summed E-state index contributed by atoms with van der Waals surface area (Å²) in [6.45, 7) is 8.32. The van der Waals surface area contributed by atoms with Gasteiger partial charge in [-0.1, -0.05) is 36.2 Å². The Hall–Kier alpha value is -0.930. The van der Waals surface area contributed by atoms with E-state index in [1.807, 2.05) is 0 Å². The maximum Gasteiger partial charge on any atom is 0.161 e. The van der Waals surface area contributed by atoms with Crippen LogP contribution in [0.4, 0.5) is 0 Å². The van der Waals surface area contributed by atoms with Crippen LogP contribution in [0.2, 0.25) is 5.15 Å². The first-order chi connectivity index (χ1) is 8.93. The Morgan fingerprint density at radius 1 is 1.11 bits per heavy atom. The summed E-state index contributed by atoms with van der Waals surface area (Å²) in [5.74, 6) is 0.708. The molecule has 0 saturated carbocycles. The molecule has 0 atom stereocenters. The van der Waals surface area contributed by atoms with Gasteiger partial charge in [0, 0.05) is 5.56 Å². The van der Waals surface area contributed by atoms with E-state index in [0.29, 0.717) is 11.0 Å². The maximum absolute atomic E-state index is 6.19. The lowest BCUT2D eigenvalue weighted by Crippen LogP contribution is -2.00. The summed E-state index contributed by atoms with van der Waals surface area (Å²) in [4.78, 5) is 9.04. The molecule has 19 heavy (non-hydrogen) atoms. The lowest BCUT2D eigenvalue weighted by Gasteiger charge is -2.12. The number of rotatable bonds is 2. The summed E-state index contributed by atoms with van der Waals surface area (Å²) in [6.07, 6.45) is 0.819. The maximum atomic E-state index is 6.19. The van der Waals surface area contributed by atoms with Crippen LogP contribution in [0.25, 0.3) is 11.4 Å². The Morgan fingerprint density at radius 2 is 1.68 bits per heavy atom. The summed E-state index contributed by atoms with van der Waals surface area (Å²) in [7, 11) is 0. The molecule has 0 amide bonds. The molecule has 2 rings (SSSR count). The number of hydrogen-bond acceptors (Lipinski definition) is 2. The van der Waals surface area contributed by atoms with Gasteiger partial charge in [0.2, 0.25) is 0 Å². The van der Waals surface area contributed by atoms with Crippen molar-refractivity contribution in [1.29, 1.82) is 0 Å². The second-order valence-corrected chi connectivity index (χ2v) is 5.88. The number of benzene rings is 1. The Bertz CT molecular complexity index is 615. The highest BCUT2D eigenvalue weighted by Gasteiger charge is 2.14. The molecule has 0 spiro atoms. The summed E-state index contributed by atoms with van der Waals surface area (Å²) in [5.41, 5.74) is 5.62. The van der Waals surface area contributed by atoms with Crippen LogP contribution in [0.5, 0.6) is 0 Å². The van der Waals surface area contributed by atoms with E-state index in [1.165, 1.54) is 16.7 Å². The lowest BCUT2D eigenvalue weighted by atomic mass is 9.99. The Balaban J connectivity index is 2.69. The van der Waals surface area contributed by atoms with Gasteiger partial charge in [-0.05, 0) is 54.2 Å². The highest BCUT2D eigenvalue weighted by molar-refractivity contribution is 9.10. The first-order valence-corrected chi connectivity index (χ1v) is 7.41. The van der Waals surface area contributed by atoms with Gasteiger partial charge < -0.3 is 0 Å². The number of aryl methyl sites for hydroxylation is 4. The third kappa shape index (κ3) is 2.82. The highest BCUT2D eigenvalue weighted by atomic mass is 79.9. The minimum atomic E-state index is 0.473. The van der Waals surface area contributed by atoms with Gasteiger partial charge in [-0.25, -0.2) is 9.97 Å². The summed E-state index contributed by atoms with van der Waals surface area (Å²) in [5, 5.41) is 0.473. The van der Waals surface area contributed by atoms with Gasteiger partial charge in [0.1, 0.15) is 5.15 Å². The molecule has 0 aliphatic carbocycles. The predicted molar refractivity (Wildman–Crippen MR) is 83.8 cm³/mol. The van der Waals surface area contributed by atoms with Crippen molar-refractivity contribution in [3.05, 3.63) is 44.1 Å². The van der Waals surface area contributed by atoms with E-state index in [4.69, 9.17) is 11.6 Å². The average Bonchev–Trinajstić information content (AvgIpc) is 2.32. The molecular formula is C15H16BrClN2. The minimum absolute atomic E-state index is 0.473. The van der Waals surface area contributed by atoms with Gasteiger partial charge >= 0.3 is 0 Å². The Labute approximate surface area is 127 Å². The van der Waals surface area contributed by atoms with Crippen molar-refractivity contribution in [2.75, 3.05) is 0 Å². The molecule has 0 bridgehead atoms. The number of nitrogens with zero attached hydrogens (tertiary/aromatic N) is 2. The molecule has 0 aliphatic rings. The first-order valence-electron chi connectivity index (χ1n) is 6.24. The molecule has 4 heteroatoms. The fourth-order valence-corrected chi connectivity index (χ4v) is 2.99. The molecule has 0 N–H and O–H groups in total. The van der Waals surface area contributed by atoms with Crippen LogP contribution < -0.4 is 0 Å². The lowest BCUT2D eigenvalue weighted by molar-refractivity contribution is 0.987. The Kier molecular flexibility index (Phi) is 4.26. The third-order valence-electron chi connectivity index (χ3n) is 3.11. The van der Waals surface area contributed by atoms with Crippen LogP contribution >= 0.6 is 27.5 Å². The van der Waals surface area contributed by atoms with E-state index in [-0.39, 0.29) is 0 Å². The molecule has 1 aromatic carbocycles. The van der Waals surface area contributed by atoms with E-state index in [0.717, 1.165) is 22.2 Å². The zero-order chi connectivity index (χ0) is 14.2. The Morgan fingerprint density at radius 3 is 2.21 bits per heavy atom. The average molecular weight is 340 g/mol. The zero-order valence-corrected chi connectivity index (χ0v) is 13.9. The van der Waals surface area contributed by atoms with Gasteiger partial charge in [0.25, 0.3) is 0 Å². The van der Waals surface area contributed by atoms with Crippen molar-refractivity contribution in [1.82, 2.24) is 9.97 Å². The smallest absolute Gasteiger partial charge is 0.161 e. The van der Waals surface area contributed by atoms with E-state index < -0.39 is 0 Å². The molecule has 0 radical (unpaired) electrons. The minimum Gasteiger partial charge on any atom is -0.232 e. The molecule has 0 aliphatic heterocycles. The van der Waals surface area contributed by atoms with Crippen molar-refractivity contribution in [2.45, 2.75) is 34.1 Å². The number of aromatic nitrogens is 2. The largest absolute Gasteiger partial charge is 0.232 e. The summed E-state index contributed by atoms with van der Waals surface area (Å²) < 4.78 is 0.794. The first kappa shape index (κ1) is 14.5. The quantitative estimate of drug-likeness (QED) is 0.716. The second-order valence-electron chi connectivity index (χ2n) is 4.73. The standard InChI is InChI=1S/C15H16BrClN2/c1-5-11-13(16)14(17)19-15(18-11)12-9(3)6-8(2)7-10(12)4/h6-7H,5H2,1-4H3. The number of hydrogen-bond donors (Lipinski definition) is 0. The van der Waals surface area contributed by atoms with Gasteiger partial charge in [-0.3, -0.25) is 0 Å². The van der Waals surface area contributed by atoms with Crippen molar-refractivity contribution < 1.29 is 0 Å². The van der Waals surface area contributed by atoms with Crippen molar-refractivity contribution in [2.24, 2.45) is 0 Å². The van der Waals surface area contributed by atoms with Crippen LogP contribution in [-0.4, -0.2) is 9.97 Å². The van der Waals surface area contributed by atoms with E-state index >= 15 is 0 Å². The van der Waals surface area contributed by atoms with Crippen LogP contribution in [0.1, 0.15) is 29.3 Å². The van der Waals surface area contributed by atoms with Crippen LogP contribution in [0.3, 0.4) is 0 Å². The van der Waals surface area contributed by atoms with Crippen molar-refractivity contribution in [3.8, 4) is 11.4 Å². The molecule has 100 valence electrons. The fraction of sp³-hybridized carbons (Fsp3) is 0.333. The third-order valence-corrected chi connectivity index (χ3v) is 4.45. The number of halogens is 2. The molecule has 0 saturated heterocycles. The highest BCUT2D eigenvalue weighted by Crippen LogP contribution is 2.30. The molecular weight excluding hydrogens is 324 g/mol. The van der Waals surface area contributed by atoms with Crippen LogP contribution in [0, 0.1) is 20.8 Å². The summed E-state index contributed by atoms with van der Waals surface area (Å²) >= 11 is 9.62. The van der Waals surface area contributed by atoms with E-state index in [9.17, 15) is 0 Å². The summed E-state index contributed by atoms with van der Waals surface area (Å²) in [6, 6.07) is 4.29. The second kappa shape index (κ2) is 5.59. The van der Waals surface area contributed by atoms with Gasteiger partial charge in [-0.15, -0.1) is 0 Å². The van der Waals surface area contributed by atoms with Gasteiger partial charge in [0.15, 0.2) is 5.82 Å². The monoisotopic (exact) mass is 338 g/mol. The predicted octanol–water partition coefficient (Wildman–Crippen LogP) is 5.05. The fourth-order valence-electron chi connectivity index (χ4n) is 2.34. The molecule has 0 unspecified atom stereocenters. The molecule has 2 nitrogen and oxygen atoms in total. The SMILES string of the molecule is CCc1nc(-c2c(C)cc(C)cc2C)nc(Cl)c1Br. The van der Waals surface area contributed by atoms with Crippen molar-refractivity contribution in [3.63, 3.8) is 0 Å². The van der Waals surface area contributed by atoms with Gasteiger partial charge in [-0.2, -0.15) is 0 Å². The van der Waals surface area contributed by atoms with Gasteiger partial charge in [0.05, 0.1) is 10.2 Å².